The molecule has 1 aromatic carbocycles. The van der Waals surface area contributed by atoms with Gasteiger partial charge in [-0.05, 0) is 30.7 Å². The smallest absolute Gasteiger partial charge is 0.306 e. The first kappa shape index (κ1) is 22.5. The molecular weight excluding hydrogens is 372 g/mol. The fourth-order valence-electron chi connectivity index (χ4n) is 3.34. The van der Waals surface area contributed by atoms with Crippen molar-refractivity contribution in [3.05, 3.63) is 30.5 Å². The molecule has 0 spiro atoms. The van der Waals surface area contributed by atoms with Crippen LogP contribution in [0.2, 0.25) is 0 Å². The number of aromatic nitrogens is 1. The van der Waals surface area contributed by atoms with E-state index in [4.69, 9.17) is 4.18 Å². The second-order valence-corrected chi connectivity index (χ2v) is 9.01. The Balaban J connectivity index is 1.74. The summed E-state index contributed by atoms with van der Waals surface area (Å²) in [6.45, 7) is 3.15. The van der Waals surface area contributed by atoms with Gasteiger partial charge in [0.05, 0.1) is 11.8 Å². The number of nitrogens with zero attached hydrogens (tertiary/aromatic N) is 1. The van der Waals surface area contributed by atoms with Gasteiger partial charge in [0, 0.05) is 23.8 Å². The van der Waals surface area contributed by atoms with Crippen LogP contribution in [0.3, 0.4) is 0 Å². The second-order valence-electron chi connectivity index (χ2n) is 7.43. The molecule has 156 valence electrons. The van der Waals surface area contributed by atoms with Crippen LogP contribution in [0.1, 0.15) is 71.1 Å². The van der Waals surface area contributed by atoms with Gasteiger partial charge in [0.2, 0.25) is 0 Å². The van der Waals surface area contributed by atoms with Gasteiger partial charge in [0.15, 0.2) is 0 Å². The first-order valence-corrected chi connectivity index (χ1v) is 12.3. The van der Waals surface area contributed by atoms with Crippen LogP contribution >= 0.6 is 0 Å². The van der Waals surface area contributed by atoms with Crippen molar-refractivity contribution in [2.75, 3.05) is 18.1 Å². The molecule has 1 N–H and O–H groups in total. The zero-order chi connectivity index (χ0) is 20.2. The van der Waals surface area contributed by atoms with E-state index < -0.39 is 10.1 Å². The van der Waals surface area contributed by atoms with Crippen LogP contribution in [0.4, 0.5) is 5.69 Å². The molecule has 1 aromatic heterocycles. The molecule has 0 saturated carbocycles. The Kier molecular flexibility index (Phi) is 9.55. The van der Waals surface area contributed by atoms with Crippen LogP contribution in [0.5, 0.6) is 5.75 Å². The molecule has 0 aliphatic heterocycles. The Morgan fingerprint density at radius 1 is 0.929 bits per heavy atom. The van der Waals surface area contributed by atoms with Gasteiger partial charge >= 0.3 is 10.1 Å². The predicted octanol–water partition coefficient (Wildman–Crippen LogP) is 5.91. The molecule has 0 atom stereocenters. The summed E-state index contributed by atoms with van der Waals surface area (Å²) in [5, 5.41) is 4.33. The maximum absolute atomic E-state index is 11.4. The van der Waals surface area contributed by atoms with Gasteiger partial charge in [-0.15, -0.1) is 0 Å². The number of fused-ring (bicyclic) bond motifs is 1. The van der Waals surface area contributed by atoms with E-state index in [1.54, 1.807) is 24.4 Å². The van der Waals surface area contributed by atoms with Crippen molar-refractivity contribution in [2.24, 2.45) is 0 Å². The lowest BCUT2D eigenvalue weighted by atomic mass is 10.1. The number of hydrogen-bond acceptors (Lipinski definition) is 5. The number of nitrogens with one attached hydrogen (secondary N) is 1. The molecule has 0 bridgehead atoms. The van der Waals surface area contributed by atoms with Crippen LogP contribution in [-0.4, -0.2) is 26.2 Å². The molecule has 2 aromatic rings. The molecule has 2 rings (SSSR count). The largest absolute Gasteiger partial charge is 0.384 e. The molecular formula is C22H34N2O3S. The van der Waals surface area contributed by atoms with Crippen LogP contribution in [0, 0.1) is 0 Å². The lowest BCUT2D eigenvalue weighted by Gasteiger charge is -2.11. The summed E-state index contributed by atoms with van der Waals surface area (Å²) in [4.78, 5) is 4.34. The highest BCUT2D eigenvalue weighted by molar-refractivity contribution is 7.86. The number of rotatable bonds is 14. The molecule has 0 amide bonds. The van der Waals surface area contributed by atoms with Crippen molar-refractivity contribution >= 4 is 26.7 Å². The molecule has 0 aliphatic carbocycles. The van der Waals surface area contributed by atoms with E-state index >= 15 is 0 Å². The van der Waals surface area contributed by atoms with Crippen molar-refractivity contribution in [1.82, 2.24) is 4.98 Å². The topological polar surface area (TPSA) is 68.3 Å². The minimum absolute atomic E-state index is 0.310. The zero-order valence-corrected chi connectivity index (χ0v) is 18.1. The number of pyridine rings is 1. The molecule has 0 aliphatic rings. The molecule has 6 heteroatoms. The average Bonchev–Trinajstić information content (AvgIpc) is 2.65. The van der Waals surface area contributed by atoms with Gasteiger partial charge in [0.1, 0.15) is 5.75 Å². The highest BCUT2D eigenvalue weighted by atomic mass is 32.2. The minimum atomic E-state index is -3.54. The van der Waals surface area contributed by atoms with Gasteiger partial charge in [-0.3, -0.25) is 4.98 Å². The lowest BCUT2D eigenvalue weighted by molar-refractivity contribution is 0.493. The molecule has 0 unspecified atom stereocenters. The summed E-state index contributed by atoms with van der Waals surface area (Å²) in [7, 11) is -3.54. The molecule has 5 nitrogen and oxygen atoms in total. The van der Waals surface area contributed by atoms with Crippen molar-refractivity contribution in [1.29, 1.82) is 0 Å². The van der Waals surface area contributed by atoms with Crippen molar-refractivity contribution in [2.45, 2.75) is 71.1 Å². The third kappa shape index (κ3) is 8.46. The van der Waals surface area contributed by atoms with E-state index in [1.807, 2.05) is 6.07 Å². The van der Waals surface area contributed by atoms with Crippen LogP contribution in [0.15, 0.2) is 30.5 Å². The normalized spacial score (nSPS) is 11.6. The fourth-order valence-corrected chi connectivity index (χ4v) is 3.79. The standard InChI is InChI=1S/C22H34N2O3S/c1-3-4-5-6-7-8-9-10-11-12-16-23-22-15-17-24-21-14-13-19(18-20(21)22)27-28(2,25)26/h13-15,17-18H,3-12,16H2,1-2H3,(H,23,24). The highest BCUT2D eigenvalue weighted by Crippen LogP contribution is 2.26. The maximum Gasteiger partial charge on any atom is 0.306 e. The molecule has 28 heavy (non-hydrogen) atoms. The van der Waals surface area contributed by atoms with Crippen molar-refractivity contribution in [3.63, 3.8) is 0 Å². The van der Waals surface area contributed by atoms with Gasteiger partial charge < -0.3 is 9.50 Å². The Labute approximate surface area is 170 Å². The average molecular weight is 407 g/mol. The van der Waals surface area contributed by atoms with E-state index in [-0.39, 0.29) is 0 Å². The quantitative estimate of drug-likeness (QED) is 0.312. The third-order valence-electron chi connectivity index (χ3n) is 4.81. The first-order chi connectivity index (χ1) is 13.5. The summed E-state index contributed by atoms with van der Waals surface area (Å²) in [5.41, 5.74) is 1.77. The van der Waals surface area contributed by atoms with E-state index in [0.717, 1.165) is 35.8 Å². The van der Waals surface area contributed by atoms with Gasteiger partial charge in [0.25, 0.3) is 0 Å². The Morgan fingerprint density at radius 2 is 1.57 bits per heavy atom. The second kappa shape index (κ2) is 11.9. The molecule has 0 saturated heterocycles. The van der Waals surface area contributed by atoms with Crippen LogP contribution in [-0.2, 0) is 10.1 Å². The minimum Gasteiger partial charge on any atom is -0.384 e. The Morgan fingerprint density at radius 3 is 2.21 bits per heavy atom. The summed E-state index contributed by atoms with van der Waals surface area (Å²) >= 11 is 0. The SMILES string of the molecule is CCCCCCCCCCCCNc1ccnc2ccc(OS(C)(=O)=O)cc12. The van der Waals surface area contributed by atoms with E-state index in [1.165, 1.54) is 57.8 Å². The molecule has 1 heterocycles. The lowest BCUT2D eigenvalue weighted by Crippen LogP contribution is -2.06. The monoisotopic (exact) mass is 406 g/mol. The summed E-state index contributed by atoms with van der Waals surface area (Å²) in [5.74, 6) is 0.310. The number of anilines is 1. The van der Waals surface area contributed by atoms with Crippen LogP contribution < -0.4 is 9.50 Å². The van der Waals surface area contributed by atoms with Crippen LogP contribution in [0.25, 0.3) is 10.9 Å². The number of hydrogen-bond donors (Lipinski definition) is 1. The van der Waals surface area contributed by atoms with Gasteiger partial charge in [-0.25, -0.2) is 0 Å². The Hall–Kier alpha value is -1.82. The van der Waals surface area contributed by atoms with Crippen molar-refractivity contribution in [3.8, 4) is 5.75 Å². The van der Waals surface area contributed by atoms with E-state index in [9.17, 15) is 8.42 Å². The maximum atomic E-state index is 11.4. The fraction of sp³-hybridized carbons (Fsp3) is 0.591. The van der Waals surface area contributed by atoms with E-state index in [2.05, 4.69) is 17.2 Å². The third-order valence-corrected chi connectivity index (χ3v) is 5.30. The molecule has 0 radical (unpaired) electrons. The van der Waals surface area contributed by atoms with Crippen molar-refractivity contribution < 1.29 is 12.6 Å². The number of benzene rings is 1. The van der Waals surface area contributed by atoms with E-state index in [0.29, 0.717) is 5.75 Å². The zero-order valence-electron chi connectivity index (χ0n) is 17.2. The number of unbranched alkanes of at least 4 members (excludes halogenated alkanes) is 9. The predicted molar refractivity (Wildman–Crippen MR) is 118 cm³/mol. The summed E-state index contributed by atoms with van der Waals surface area (Å²) < 4.78 is 27.7. The molecule has 0 fully saturated rings. The Bertz CT molecular complexity index is 822. The first-order valence-electron chi connectivity index (χ1n) is 10.5. The summed E-state index contributed by atoms with van der Waals surface area (Å²) in [6, 6.07) is 7.05. The highest BCUT2D eigenvalue weighted by Gasteiger charge is 2.08. The summed E-state index contributed by atoms with van der Waals surface area (Å²) in [6.07, 6.45) is 16.0. The van der Waals surface area contributed by atoms with Gasteiger partial charge in [-0.1, -0.05) is 64.7 Å². The van der Waals surface area contributed by atoms with Gasteiger partial charge in [-0.2, -0.15) is 8.42 Å².